The summed E-state index contributed by atoms with van der Waals surface area (Å²) >= 11 is 2.26. The molecule has 16 heteroatoms. The standard InChI is InChI=1S/C39H45N3O11S2/c1-27(43)26-52-23-22-50-20-21-51-24-25-53-31-10-8-30(9-11-31)42-38(46)34(54-32-12-4-28(5-13-32)36(44)40-16-18-48-2)35(39(42)47)55-33-14-6-29(7-15-33)37(45)41-17-19-49-3/h4-15H,16-26H2,1-3H3,(H,40,44)(H,41,45). The van der Waals surface area contributed by atoms with Gasteiger partial charge in [-0.2, -0.15) is 0 Å². The number of anilines is 1. The Labute approximate surface area is 328 Å². The van der Waals surface area contributed by atoms with Crippen LogP contribution in [-0.4, -0.2) is 116 Å². The number of carbonyl (C=O) groups excluding carboxylic acids is 5. The predicted octanol–water partition coefficient (Wildman–Crippen LogP) is 4.13. The highest BCUT2D eigenvalue weighted by molar-refractivity contribution is 8.08. The number of thioether (sulfide) groups is 2. The summed E-state index contributed by atoms with van der Waals surface area (Å²) in [6, 6.07) is 20.1. The molecule has 0 atom stereocenters. The van der Waals surface area contributed by atoms with E-state index < -0.39 is 11.8 Å². The Bertz CT molecular complexity index is 1680. The summed E-state index contributed by atoms with van der Waals surface area (Å²) in [6.45, 7) is 5.06. The van der Waals surface area contributed by atoms with E-state index in [2.05, 4.69) is 10.6 Å². The number of ketones is 1. The molecule has 3 aromatic carbocycles. The fraction of sp³-hybridized carbons (Fsp3) is 0.359. The molecule has 2 N–H and O–H groups in total. The molecule has 294 valence electrons. The number of hydrogen-bond acceptors (Lipinski definition) is 13. The van der Waals surface area contributed by atoms with Crippen molar-refractivity contribution >= 4 is 58.6 Å². The minimum atomic E-state index is -0.497. The molecule has 14 nitrogen and oxygen atoms in total. The monoisotopic (exact) mass is 795 g/mol. The van der Waals surface area contributed by atoms with Crippen molar-refractivity contribution in [1.82, 2.24) is 10.6 Å². The average Bonchev–Trinajstić information content (AvgIpc) is 3.41. The minimum absolute atomic E-state index is 0.0378. The molecule has 0 bridgehead atoms. The van der Waals surface area contributed by atoms with Gasteiger partial charge in [0.05, 0.1) is 61.7 Å². The zero-order valence-corrected chi connectivity index (χ0v) is 32.6. The van der Waals surface area contributed by atoms with Gasteiger partial charge in [0.15, 0.2) is 5.78 Å². The van der Waals surface area contributed by atoms with E-state index in [0.29, 0.717) is 91.7 Å². The zero-order valence-electron chi connectivity index (χ0n) is 31.0. The molecule has 1 aliphatic heterocycles. The van der Waals surface area contributed by atoms with Crippen LogP contribution >= 0.6 is 23.5 Å². The first-order valence-electron chi connectivity index (χ1n) is 17.4. The molecule has 1 heterocycles. The maximum Gasteiger partial charge on any atom is 0.273 e. The Balaban J connectivity index is 1.40. The fourth-order valence-electron chi connectivity index (χ4n) is 4.79. The van der Waals surface area contributed by atoms with Gasteiger partial charge in [0.2, 0.25) is 0 Å². The number of nitrogens with zero attached hydrogens (tertiary/aromatic N) is 1. The van der Waals surface area contributed by atoms with Gasteiger partial charge in [-0.1, -0.05) is 23.5 Å². The SMILES string of the molecule is COCCNC(=O)c1ccc(SC2=C(Sc3ccc(C(=O)NCCOC)cc3)C(=O)N(c3ccc(OCCOCCOCCOCC(C)=O)cc3)C2=O)cc1. The van der Waals surface area contributed by atoms with Crippen LogP contribution in [0.4, 0.5) is 5.69 Å². The first-order chi connectivity index (χ1) is 26.7. The van der Waals surface area contributed by atoms with Gasteiger partial charge >= 0.3 is 0 Å². The van der Waals surface area contributed by atoms with Crippen molar-refractivity contribution in [3.63, 3.8) is 0 Å². The molecular weight excluding hydrogens is 751 g/mol. The molecule has 4 rings (SSSR count). The molecule has 0 aliphatic carbocycles. The first-order valence-corrected chi connectivity index (χ1v) is 19.0. The molecule has 0 saturated heterocycles. The lowest BCUT2D eigenvalue weighted by atomic mass is 10.2. The van der Waals surface area contributed by atoms with E-state index in [1.54, 1.807) is 87.0 Å². The van der Waals surface area contributed by atoms with Gasteiger partial charge in [-0.15, -0.1) is 0 Å². The maximum atomic E-state index is 14.0. The lowest BCUT2D eigenvalue weighted by Gasteiger charge is -2.16. The number of carbonyl (C=O) groups is 5. The van der Waals surface area contributed by atoms with Crippen LogP contribution in [0.5, 0.6) is 5.75 Å². The van der Waals surface area contributed by atoms with Crippen LogP contribution < -0.4 is 20.3 Å². The molecule has 1 aliphatic rings. The van der Waals surface area contributed by atoms with E-state index in [-0.39, 0.29) is 40.6 Å². The average molecular weight is 796 g/mol. The van der Waals surface area contributed by atoms with Crippen LogP contribution in [-0.2, 0) is 38.1 Å². The quantitative estimate of drug-likeness (QED) is 0.0930. The van der Waals surface area contributed by atoms with Gasteiger partial charge in [0, 0.05) is 48.2 Å². The highest BCUT2D eigenvalue weighted by Gasteiger charge is 2.40. The smallest absolute Gasteiger partial charge is 0.273 e. The van der Waals surface area contributed by atoms with Crippen molar-refractivity contribution in [2.24, 2.45) is 0 Å². The molecule has 0 saturated carbocycles. The topological polar surface area (TPSA) is 168 Å². The summed E-state index contributed by atoms with van der Waals surface area (Å²) in [5.41, 5.74) is 1.25. The van der Waals surface area contributed by atoms with Crippen molar-refractivity contribution in [2.45, 2.75) is 16.7 Å². The third-order valence-corrected chi connectivity index (χ3v) is 9.81. The molecule has 0 fully saturated rings. The molecule has 55 heavy (non-hydrogen) atoms. The van der Waals surface area contributed by atoms with Gasteiger partial charge < -0.3 is 39.1 Å². The van der Waals surface area contributed by atoms with Crippen LogP contribution in [0.1, 0.15) is 27.6 Å². The van der Waals surface area contributed by atoms with Gasteiger partial charge in [-0.05, 0) is 79.7 Å². The molecule has 0 aromatic heterocycles. The number of nitrogens with one attached hydrogen (secondary N) is 2. The molecule has 3 aromatic rings. The number of amides is 4. The largest absolute Gasteiger partial charge is 0.491 e. The summed E-state index contributed by atoms with van der Waals surface area (Å²) in [5, 5.41) is 5.54. The summed E-state index contributed by atoms with van der Waals surface area (Å²) in [7, 11) is 3.11. The molecule has 0 unspecified atom stereocenters. The second kappa shape index (κ2) is 23.4. The Morgan fingerprint density at radius 2 is 1.02 bits per heavy atom. The van der Waals surface area contributed by atoms with E-state index in [0.717, 1.165) is 28.4 Å². The first kappa shape index (κ1) is 43.2. The van der Waals surface area contributed by atoms with Gasteiger partial charge in [-0.25, -0.2) is 4.90 Å². The number of Topliss-reactive ketones (excluding diaryl/α,β-unsaturated/α-hetero) is 1. The van der Waals surface area contributed by atoms with Crippen molar-refractivity contribution < 1.29 is 52.4 Å². The lowest BCUT2D eigenvalue weighted by Crippen LogP contribution is -2.31. The molecule has 0 radical (unpaired) electrons. The van der Waals surface area contributed by atoms with E-state index in [1.165, 1.54) is 6.92 Å². The summed E-state index contributed by atoms with van der Waals surface area (Å²) < 4.78 is 31.8. The Morgan fingerprint density at radius 1 is 0.582 bits per heavy atom. The molecule has 4 amide bonds. The predicted molar refractivity (Wildman–Crippen MR) is 208 cm³/mol. The third-order valence-electron chi connectivity index (χ3n) is 7.50. The summed E-state index contributed by atoms with van der Waals surface area (Å²) in [4.78, 5) is 66.7. The maximum absolute atomic E-state index is 14.0. The third kappa shape index (κ3) is 13.9. The van der Waals surface area contributed by atoms with Crippen molar-refractivity contribution in [3.8, 4) is 5.75 Å². The number of methoxy groups -OCH3 is 2. The normalized spacial score (nSPS) is 12.7. The number of rotatable bonds is 25. The van der Waals surface area contributed by atoms with Crippen LogP contribution in [0.25, 0.3) is 0 Å². The van der Waals surface area contributed by atoms with Gasteiger partial charge in [0.25, 0.3) is 23.6 Å². The number of hydrogen-bond donors (Lipinski definition) is 2. The van der Waals surface area contributed by atoms with Gasteiger partial charge in [-0.3, -0.25) is 24.0 Å². The second-order valence-electron chi connectivity index (χ2n) is 11.7. The Kier molecular flexibility index (Phi) is 18.4. The van der Waals surface area contributed by atoms with Crippen molar-refractivity contribution in [3.05, 3.63) is 93.7 Å². The summed E-state index contributed by atoms with van der Waals surface area (Å²) in [6.07, 6.45) is 0. The van der Waals surface area contributed by atoms with Crippen LogP contribution in [0.15, 0.2) is 92.4 Å². The highest BCUT2D eigenvalue weighted by atomic mass is 32.2. The van der Waals surface area contributed by atoms with E-state index >= 15 is 0 Å². The Morgan fingerprint density at radius 3 is 1.45 bits per heavy atom. The molecular formula is C39H45N3O11S2. The van der Waals surface area contributed by atoms with Crippen LogP contribution in [0.2, 0.25) is 0 Å². The van der Waals surface area contributed by atoms with E-state index in [4.69, 9.17) is 28.4 Å². The number of imide groups is 1. The van der Waals surface area contributed by atoms with E-state index in [1.807, 2.05) is 0 Å². The van der Waals surface area contributed by atoms with Crippen molar-refractivity contribution in [2.75, 3.05) is 91.7 Å². The Hall–Kier alpha value is -4.55. The fourth-order valence-corrected chi connectivity index (χ4v) is 6.77. The summed E-state index contributed by atoms with van der Waals surface area (Å²) in [5.74, 6) is -1.02. The van der Waals surface area contributed by atoms with Gasteiger partial charge in [0.1, 0.15) is 19.0 Å². The lowest BCUT2D eigenvalue weighted by molar-refractivity contribution is -0.122. The number of ether oxygens (including phenoxy) is 6. The van der Waals surface area contributed by atoms with E-state index in [9.17, 15) is 24.0 Å². The number of benzene rings is 3. The molecule has 0 spiro atoms. The van der Waals surface area contributed by atoms with Crippen LogP contribution in [0, 0.1) is 0 Å². The minimum Gasteiger partial charge on any atom is -0.491 e. The van der Waals surface area contributed by atoms with Crippen molar-refractivity contribution in [1.29, 1.82) is 0 Å². The zero-order chi connectivity index (χ0) is 39.4. The highest BCUT2D eigenvalue weighted by Crippen LogP contribution is 2.44. The van der Waals surface area contributed by atoms with Crippen LogP contribution in [0.3, 0.4) is 0 Å². The second-order valence-corrected chi connectivity index (χ2v) is 13.8.